The molecule has 0 unspecified atom stereocenters. The quantitative estimate of drug-likeness (QED) is 0.700. The van der Waals surface area contributed by atoms with Crippen molar-refractivity contribution in [1.29, 1.82) is 0 Å². The predicted molar refractivity (Wildman–Crippen MR) is 101 cm³/mol. The SMILES string of the molecule is COc1cccc(-c2nc(CC(=O)Nc3ccc(C(N)=O)cc3)cs2)c1. The Morgan fingerprint density at radius 2 is 1.96 bits per heavy atom. The molecule has 0 bridgehead atoms. The van der Waals surface area contributed by atoms with E-state index < -0.39 is 5.91 Å². The van der Waals surface area contributed by atoms with Crippen molar-refractivity contribution < 1.29 is 14.3 Å². The van der Waals surface area contributed by atoms with Gasteiger partial charge in [-0.15, -0.1) is 11.3 Å². The molecule has 0 fully saturated rings. The number of anilines is 1. The van der Waals surface area contributed by atoms with Crippen LogP contribution in [0.5, 0.6) is 5.75 Å². The summed E-state index contributed by atoms with van der Waals surface area (Å²) in [6.07, 6.45) is 0.165. The maximum absolute atomic E-state index is 12.2. The highest BCUT2D eigenvalue weighted by molar-refractivity contribution is 7.13. The van der Waals surface area contributed by atoms with Gasteiger partial charge >= 0.3 is 0 Å². The van der Waals surface area contributed by atoms with Crippen molar-refractivity contribution in [3.63, 3.8) is 0 Å². The lowest BCUT2D eigenvalue weighted by molar-refractivity contribution is -0.115. The highest BCUT2D eigenvalue weighted by Crippen LogP contribution is 2.27. The van der Waals surface area contributed by atoms with E-state index in [0.717, 1.165) is 16.3 Å². The zero-order chi connectivity index (χ0) is 18.5. The molecule has 6 nitrogen and oxygen atoms in total. The smallest absolute Gasteiger partial charge is 0.248 e. The Morgan fingerprint density at radius 3 is 2.65 bits per heavy atom. The van der Waals surface area contributed by atoms with E-state index in [-0.39, 0.29) is 12.3 Å². The van der Waals surface area contributed by atoms with Crippen LogP contribution in [0, 0.1) is 0 Å². The van der Waals surface area contributed by atoms with E-state index in [1.807, 2.05) is 29.6 Å². The van der Waals surface area contributed by atoms with E-state index in [9.17, 15) is 9.59 Å². The molecule has 3 aromatic rings. The second-order valence-corrected chi connectivity index (χ2v) is 6.40. The largest absolute Gasteiger partial charge is 0.497 e. The normalized spacial score (nSPS) is 10.3. The highest BCUT2D eigenvalue weighted by atomic mass is 32.1. The summed E-state index contributed by atoms with van der Waals surface area (Å²) in [6.45, 7) is 0. The number of nitrogens with one attached hydrogen (secondary N) is 1. The minimum absolute atomic E-state index is 0.165. The molecule has 1 heterocycles. The first-order valence-electron chi connectivity index (χ1n) is 7.83. The van der Waals surface area contributed by atoms with Crippen LogP contribution in [0.2, 0.25) is 0 Å². The van der Waals surface area contributed by atoms with Crippen molar-refractivity contribution in [1.82, 2.24) is 4.98 Å². The highest BCUT2D eigenvalue weighted by Gasteiger charge is 2.10. The average Bonchev–Trinajstić information content (AvgIpc) is 3.10. The lowest BCUT2D eigenvalue weighted by atomic mass is 10.2. The molecule has 0 saturated heterocycles. The standard InChI is InChI=1S/C19H17N3O3S/c1-25-16-4-2-3-13(9-16)19-22-15(11-26-19)10-17(23)21-14-7-5-12(6-8-14)18(20)24/h2-9,11H,10H2,1H3,(H2,20,24)(H,21,23). The number of carbonyl (C=O) groups is 2. The Bertz CT molecular complexity index is 935. The molecule has 26 heavy (non-hydrogen) atoms. The summed E-state index contributed by atoms with van der Waals surface area (Å²) in [4.78, 5) is 27.8. The van der Waals surface area contributed by atoms with Crippen LogP contribution in [0.15, 0.2) is 53.9 Å². The van der Waals surface area contributed by atoms with Gasteiger partial charge in [-0.25, -0.2) is 4.98 Å². The van der Waals surface area contributed by atoms with Gasteiger partial charge in [0, 0.05) is 22.2 Å². The molecule has 132 valence electrons. The molecule has 0 atom stereocenters. The van der Waals surface area contributed by atoms with Crippen LogP contribution < -0.4 is 15.8 Å². The van der Waals surface area contributed by atoms with Crippen molar-refractivity contribution in [3.05, 3.63) is 65.2 Å². The number of rotatable bonds is 6. The number of primary amides is 1. The summed E-state index contributed by atoms with van der Waals surface area (Å²) in [7, 11) is 1.62. The van der Waals surface area contributed by atoms with Crippen LogP contribution in [-0.4, -0.2) is 23.9 Å². The molecule has 7 heteroatoms. The zero-order valence-electron chi connectivity index (χ0n) is 14.1. The Kier molecular flexibility index (Phi) is 5.28. The van der Waals surface area contributed by atoms with E-state index in [0.29, 0.717) is 16.9 Å². The van der Waals surface area contributed by atoms with Gasteiger partial charge in [0.2, 0.25) is 11.8 Å². The lowest BCUT2D eigenvalue weighted by Gasteiger charge is -2.04. The Balaban J connectivity index is 1.64. The lowest BCUT2D eigenvalue weighted by Crippen LogP contribution is -2.15. The van der Waals surface area contributed by atoms with Gasteiger partial charge in [-0.3, -0.25) is 9.59 Å². The predicted octanol–water partition coefficient (Wildman–Crippen LogP) is 3.10. The van der Waals surface area contributed by atoms with Gasteiger partial charge in [0.25, 0.3) is 0 Å². The fourth-order valence-corrected chi connectivity index (χ4v) is 3.18. The molecule has 1 aromatic heterocycles. The fourth-order valence-electron chi connectivity index (χ4n) is 2.36. The topological polar surface area (TPSA) is 94.3 Å². The summed E-state index contributed by atoms with van der Waals surface area (Å²) in [5, 5.41) is 5.47. The summed E-state index contributed by atoms with van der Waals surface area (Å²) in [6, 6.07) is 14.0. The number of nitrogens with two attached hydrogens (primary N) is 1. The van der Waals surface area contributed by atoms with Crippen LogP contribution in [0.25, 0.3) is 10.6 Å². The van der Waals surface area contributed by atoms with Gasteiger partial charge < -0.3 is 15.8 Å². The number of hydrogen-bond donors (Lipinski definition) is 2. The molecule has 2 aromatic carbocycles. The Morgan fingerprint density at radius 1 is 1.19 bits per heavy atom. The number of thiazole rings is 1. The number of benzene rings is 2. The fraction of sp³-hybridized carbons (Fsp3) is 0.105. The number of ether oxygens (including phenoxy) is 1. The number of hydrogen-bond acceptors (Lipinski definition) is 5. The van der Waals surface area contributed by atoms with E-state index in [2.05, 4.69) is 10.3 Å². The van der Waals surface area contributed by atoms with Crippen LogP contribution in [0.1, 0.15) is 16.1 Å². The van der Waals surface area contributed by atoms with Crippen molar-refractivity contribution in [3.8, 4) is 16.3 Å². The summed E-state index contributed by atoms with van der Waals surface area (Å²) >= 11 is 1.48. The average molecular weight is 367 g/mol. The molecular weight excluding hydrogens is 350 g/mol. The van der Waals surface area contributed by atoms with Crippen LogP contribution in [-0.2, 0) is 11.2 Å². The van der Waals surface area contributed by atoms with Crippen LogP contribution in [0.4, 0.5) is 5.69 Å². The zero-order valence-corrected chi connectivity index (χ0v) is 14.9. The molecule has 3 rings (SSSR count). The third kappa shape index (κ3) is 4.25. The van der Waals surface area contributed by atoms with E-state index >= 15 is 0 Å². The number of aromatic nitrogens is 1. The minimum Gasteiger partial charge on any atom is -0.497 e. The number of nitrogens with zero attached hydrogens (tertiary/aromatic N) is 1. The molecule has 0 radical (unpaired) electrons. The van der Waals surface area contributed by atoms with Gasteiger partial charge in [-0.1, -0.05) is 12.1 Å². The van der Waals surface area contributed by atoms with Crippen molar-refractivity contribution in [2.24, 2.45) is 5.73 Å². The number of methoxy groups -OCH3 is 1. The molecule has 3 N–H and O–H groups in total. The number of amides is 2. The van der Waals surface area contributed by atoms with Crippen molar-refractivity contribution >= 4 is 28.8 Å². The van der Waals surface area contributed by atoms with E-state index in [1.165, 1.54) is 11.3 Å². The molecule has 2 amide bonds. The molecule has 0 saturated carbocycles. The maximum Gasteiger partial charge on any atom is 0.248 e. The number of carbonyl (C=O) groups excluding carboxylic acids is 2. The third-order valence-electron chi connectivity index (χ3n) is 3.66. The molecule has 0 aliphatic rings. The Labute approximate surface area is 154 Å². The van der Waals surface area contributed by atoms with Crippen molar-refractivity contribution in [2.75, 3.05) is 12.4 Å². The van der Waals surface area contributed by atoms with Gasteiger partial charge in [-0.2, -0.15) is 0 Å². The van der Waals surface area contributed by atoms with Crippen LogP contribution in [0.3, 0.4) is 0 Å². The van der Waals surface area contributed by atoms with Gasteiger partial charge in [0.15, 0.2) is 0 Å². The summed E-state index contributed by atoms with van der Waals surface area (Å²) in [5.74, 6) is 0.0751. The first kappa shape index (κ1) is 17.6. The van der Waals surface area contributed by atoms with E-state index in [1.54, 1.807) is 31.4 Å². The monoisotopic (exact) mass is 367 g/mol. The molecule has 0 aliphatic heterocycles. The van der Waals surface area contributed by atoms with Gasteiger partial charge in [-0.05, 0) is 36.4 Å². The second kappa shape index (κ2) is 7.79. The minimum atomic E-state index is -0.504. The molecular formula is C19H17N3O3S. The summed E-state index contributed by atoms with van der Waals surface area (Å²) < 4.78 is 5.22. The first-order chi connectivity index (χ1) is 12.5. The summed E-state index contributed by atoms with van der Waals surface area (Å²) in [5.41, 5.74) is 7.83. The van der Waals surface area contributed by atoms with Crippen LogP contribution >= 0.6 is 11.3 Å². The van der Waals surface area contributed by atoms with Gasteiger partial charge in [0.05, 0.1) is 19.2 Å². The molecule has 0 aliphatic carbocycles. The van der Waals surface area contributed by atoms with Gasteiger partial charge in [0.1, 0.15) is 10.8 Å². The van der Waals surface area contributed by atoms with Crippen molar-refractivity contribution in [2.45, 2.75) is 6.42 Å². The Hall–Kier alpha value is -3.19. The third-order valence-corrected chi connectivity index (χ3v) is 4.60. The second-order valence-electron chi connectivity index (χ2n) is 5.54. The molecule has 0 spiro atoms. The first-order valence-corrected chi connectivity index (χ1v) is 8.71. The van der Waals surface area contributed by atoms with E-state index in [4.69, 9.17) is 10.5 Å². The maximum atomic E-state index is 12.2.